The molecule has 1 aromatic heterocycles. The van der Waals surface area contributed by atoms with Gasteiger partial charge in [-0.05, 0) is 18.2 Å². The fourth-order valence-electron chi connectivity index (χ4n) is 2.21. The van der Waals surface area contributed by atoms with Crippen molar-refractivity contribution in [3.8, 4) is 0 Å². The Hall–Kier alpha value is -2.34. The van der Waals surface area contributed by atoms with E-state index in [1.807, 2.05) is 0 Å². The van der Waals surface area contributed by atoms with E-state index in [1.54, 1.807) is 0 Å². The Morgan fingerprint density at radius 1 is 1.17 bits per heavy atom. The molecular formula is C16H12ClF6N3O2S. The molecule has 2 amide bonds. The Morgan fingerprint density at radius 3 is 2.41 bits per heavy atom. The third-order valence-electron chi connectivity index (χ3n) is 3.59. The SMILES string of the molecule is CN(CCNC(=O)c1sc(Cl)nc1C(F)(F)F)C(=O)c1cccc(C(F)(F)F)c1. The molecule has 0 atom stereocenters. The highest BCUT2D eigenvalue weighted by atomic mass is 35.5. The van der Waals surface area contributed by atoms with Crippen LogP contribution in [-0.2, 0) is 12.4 Å². The number of carbonyl (C=O) groups excluding carboxylic acids is 2. The molecule has 0 aliphatic rings. The van der Waals surface area contributed by atoms with Crippen LogP contribution in [0.25, 0.3) is 0 Å². The molecule has 0 saturated heterocycles. The van der Waals surface area contributed by atoms with Crippen LogP contribution in [0.15, 0.2) is 24.3 Å². The van der Waals surface area contributed by atoms with Gasteiger partial charge in [0, 0.05) is 25.7 Å². The Bertz CT molecular complexity index is 913. The van der Waals surface area contributed by atoms with Crippen LogP contribution in [0.1, 0.15) is 31.3 Å². The van der Waals surface area contributed by atoms with Crippen molar-refractivity contribution in [3.05, 3.63) is 50.4 Å². The van der Waals surface area contributed by atoms with Crippen LogP contribution in [-0.4, -0.2) is 41.8 Å². The summed E-state index contributed by atoms with van der Waals surface area (Å²) in [5.74, 6) is -1.83. The van der Waals surface area contributed by atoms with E-state index in [4.69, 9.17) is 11.6 Å². The molecule has 0 unspecified atom stereocenters. The van der Waals surface area contributed by atoms with Crippen molar-refractivity contribution in [2.24, 2.45) is 0 Å². The fraction of sp³-hybridized carbons (Fsp3) is 0.312. The molecule has 13 heteroatoms. The fourth-order valence-corrected chi connectivity index (χ4v) is 3.25. The van der Waals surface area contributed by atoms with Crippen molar-refractivity contribution in [2.45, 2.75) is 12.4 Å². The van der Waals surface area contributed by atoms with Crippen molar-refractivity contribution >= 4 is 34.8 Å². The average molecular weight is 460 g/mol. The summed E-state index contributed by atoms with van der Waals surface area (Å²) in [7, 11) is 1.28. The molecule has 158 valence electrons. The summed E-state index contributed by atoms with van der Waals surface area (Å²) in [5.41, 5.74) is -2.63. The molecule has 29 heavy (non-hydrogen) atoms. The van der Waals surface area contributed by atoms with Crippen LogP contribution in [0, 0.1) is 0 Å². The summed E-state index contributed by atoms with van der Waals surface area (Å²) < 4.78 is 76.3. The first-order valence-electron chi connectivity index (χ1n) is 7.75. The van der Waals surface area contributed by atoms with E-state index >= 15 is 0 Å². The second-order valence-electron chi connectivity index (χ2n) is 5.70. The van der Waals surface area contributed by atoms with Crippen molar-refractivity contribution in [1.29, 1.82) is 0 Å². The molecule has 1 N–H and O–H groups in total. The van der Waals surface area contributed by atoms with Crippen molar-refractivity contribution in [1.82, 2.24) is 15.2 Å². The van der Waals surface area contributed by atoms with E-state index in [0.29, 0.717) is 17.4 Å². The number of halogens is 7. The van der Waals surface area contributed by atoms with Crippen LogP contribution in [0.4, 0.5) is 26.3 Å². The lowest BCUT2D eigenvalue weighted by atomic mass is 10.1. The topological polar surface area (TPSA) is 62.3 Å². The van der Waals surface area contributed by atoms with Gasteiger partial charge in [-0.15, -0.1) is 0 Å². The number of nitrogens with zero attached hydrogens (tertiary/aromatic N) is 2. The molecule has 0 aliphatic carbocycles. The maximum atomic E-state index is 12.9. The first kappa shape index (κ1) is 22.9. The molecule has 0 spiro atoms. The second kappa shape index (κ2) is 8.57. The first-order chi connectivity index (χ1) is 13.3. The highest BCUT2D eigenvalue weighted by Crippen LogP contribution is 2.35. The minimum absolute atomic E-state index is 0.158. The van der Waals surface area contributed by atoms with Gasteiger partial charge in [0.2, 0.25) is 0 Å². The molecule has 0 saturated carbocycles. The standard InChI is InChI=1S/C16H12ClF6N3O2S/c1-26(13(28)8-3-2-4-9(7-8)15(18,19)20)6-5-24-12(27)10-11(16(21,22)23)25-14(17)29-10/h2-4,7H,5-6H2,1H3,(H,24,27). The van der Waals surface area contributed by atoms with Crippen LogP contribution in [0.5, 0.6) is 0 Å². The molecule has 0 radical (unpaired) electrons. The predicted molar refractivity (Wildman–Crippen MR) is 92.9 cm³/mol. The van der Waals surface area contributed by atoms with E-state index in [-0.39, 0.29) is 18.7 Å². The van der Waals surface area contributed by atoms with Gasteiger partial charge < -0.3 is 10.2 Å². The summed E-state index contributed by atoms with van der Waals surface area (Å²) in [5, 5.41) is 2.20. The molecule has 1 aromatic carbocycles. The Kier molecular flexibility index (Phi) is 6.78. The van der Waals surface area contributed by atoms with E-state index < -0.39 is 44.8 Å². The number of aromatic nitrogens is 1. The number of amides is 2. The summed E-state index contributed by atoms with van der Waals surface area (Å²) >= 11 is 5.80. The van der Waals surface area contributed by atoms with Gasteiger partial charge in [-0.1, -0.05) is 29.0 Å². The highest BCUT2D eigenvalue weighted by molar-refractivity contribution is 7.17. The average Bonchev–Trinajstić information content (AvgIpc) is 3.02. The lowest BCUT2D eigenvalue weighted by Gasteiger charge is -2.18. The smallest absolute Gasteiger partial charge is 0.349 e. The quantitative estimate of drug-likeness (QED) is 0.677. The predicted octanol–water partition coefficient (Wildman–Crippen LogP) is 4.34. The van der Waals surface area contributed by atoms with Crippen LogP contribution >= 0.6 is 22.9 Å². The van der Waals surface area contributed by atoms with Gasteiger partial charge >= 0.3 is 12.4 Å². The molecule has 2 aromatic rings. The van der Waals surface area contributed by atoms with Gasteiger partial charge in [0.1, 0.15) is 4.88 Å². The summed E-state index contributed by atoms with van der Waals surface area (Å²) in [6, 6.07) is 3.78. The number of alkyl halides is 6. The number of nitrogens with one attached hydrogen (secondary N) is 1. The highest BCUT2D eigenvalue weighted by Gasteiger charge is 2.39. The van der Waals surface area contributed by atoms with Gasteiger partial charge in [0.25, 0.3) is 11.8 Å². The molecule has 0 bridgehead atoms. The zero-order valence-electron chi connectivity index (χ0n) is 14.5. The number of thiazole rings is 1. The third-order valence-corrected chi connectivity index (χ3v) is 4.75. The maximum absolute atomic E-state index is 12.9. The number of hydrogen-bond acceptors (Lipinski definition) is 4. The lowest BCUT2D eigenvalue weighted by Crippen LogP contribution is -2.36. The van der Waals surface area contributed by atoms with E-state index in [1.165, 1.54) is 13.1 Å². The van der Waals surface area contributed by atoms with Crippen LogP contribution in [0.3, 0.4) is 0 Å². The number of likely N-dealkylation sites (N-methyl/N-ethyl adjacent to an activating group) is 1. The number of hydrogen-bond donors (Lipinski definition) is 1. The summed E-state index contributed by atoms with van der Waals surface area (Å²) in [4.78, 5) is 27.6. The van der Waals surface area contributed by atoms with E-state index in [9.17, 15) is 35.9 Å². The van der Waals surface area contributed by atoms with Crippen molar-refractivity contribution in [3.63, 3.8) is 0 Å². The summed E-state index contributed by atoms with van der Waals surface area (Å²) in [6.45, 7) is -0.401. The van der Waals surface area contributed by atoms with Gasteiger partial charge in [-0.3, -0.25) is 9.59 Å². The van der Waals surface area contributed by atoms with Crippen LogP contribution in [0.2, 0.25) is 4.47 Å². The Balaban J connectivity index is 1.99. The monoisotopic (exact) mass is 459 g/mol. The minimum atomic E-state index is -4.87. The van der Waals surface area contributed by atoms with Crippen molar-refractivity contribution < 1.29 is 35.9 Å². The van der Waals surface area contributed by atoms with Gasteiger partial charge in [0.05, 0.1) is 5.56 Å². The second-order valence-corrected chi connectivity index (χ2v) is 7.28. The molecule has 0 aliphatic heterocycles. The molecule has 0 fully saturated rings. The van der Waals surface area contributed by atoms with Crippen LogP contribution < -0.4 is 5.32 Å². The largest absolute Gasteiger partial charge is 0.435 e. The molecule has 2 rings (SSSR count). The molecule has 5 nitrogen and oxygen atoms in total. The minimum Gasteiger partial charge on any atom is -0.349 e. The Morgan fingerprint density at radius 2 is 1.83 bits per heavy atom. The maximum Gasteiger partial charge on any atom is 0.435 e. The lowest BCUT2D eigenvalue weighted by molar-refractivity contribution is -0.141. The molecule has 1 heterocycles. The number of rotatable bonds is 5. The van der Waals surface area contributed by atoms with Crippen molar-refractivity contribution in [2.75, 3.05) is 20.1 Å². The number of carbonyl (C=O) groups is 2. The third kappa shape index (κ3) is 5.82. The zero-order valence-corrected chi connectivity index (χ0v) is 16.1. The summed E-state index contributed by atoms with van der Waals surface area (Å²) in [6.07, 6.45) is -9.48. The number of benzene rings is 1. The normalized spacial score (nSPS) is 12.0. The van der Waals surface area contributed by atoms with E-state index in [0.717, 1.165) is 17.0 Å². The van der Waals surface area contributed by atoms with Gasteiger partial charge in [-0.25, -0.2) is 4.98 Å². The first-order valence-corrected chi connectivity index (χ1v) is 8.94. The zero-order chi connectivity index (χ0) is 22.0. The Labute approximate surface area is 169 Å². The molecular weight excluding hydrogens is 448 g/mol. The van der Waals surface area contributed by atoms with Gasteiger partial charge in [0.15, 0.2) is 10.2 Å². The van der Waals surface area contributed by atoms with Gasteiger partial charge in [-0.2, -0.15) is 26.3 Å². The van der Waals surface area contributed by atoms with E-state index in [2.05, 4.69) is 10.3 Å².